The minimum atomic E-state index is -1.13. The SMILES string of the molecule is O=C(O)CN(CC(=O)O)c1ncnc2ccc(Br)cc12. The van der Waals surface area contributed by atoms with Crippen molar-refractivity contribution in [3.63, 3.8) is 0 Å². The summed E-state index contributed by atoms with van der Waals surface area (Å²) in [6.07, 6.45) is 1.28. The molecule has 8 heteroatoms. The van der Waals surface area contributed by atoms with Gasteiger partial charge in [0.15, 0.2) is 0 Å². The molecule has 2 rings (SSSR count). The number of carbonyl (C=O) groups is 2. The molecule has 2 N–H and O–H groups in total. The lowest BCUT2D eigenvalue weighted by molar-refractivity contribution is -0.136. The van der Waals surface area contributed by atoms with E-state index in [9.17, 15) is 9.59 Å². The van der Waals surface area contributed by atoms with Gasteiger partial charge in [0.1, 0.15) is 25.2 Å². The Labute approximate surface area is 122 Å². The summed E-state index contributed by atoms with van der Waals surface area (Å²) in [4.78, 5) is 31.0. The Kier molecular flexibility index (Phi) is 4.14. The lowest BCUT2D eigenvalue weighted by Gasteiger charge is -2.20. The average molecular weight is 340 g/mol. The van der Waals surface area contributed by atoms with Gasteiger partial charge in [0.05, 0.1) is 5.52 Å². The lowest BCUT2D eigenvalue weighted by Crippen LogP contribution is -2.35. The number of rotatable bonds is 5. The molecule has 0 atom stereocenters. The first-order valence-electron chi connectivity index (χ1n) is 5.56. The number of fused-ring (bicyclic) bond motifs is 1. The van der Waals surface area contributed by atoms with E-state index in [0.29, 0.717) is 10.9 Å². The van der Waals surface area contributed by atoms with Crippen molar-refractivity contribution in [1.82, 2.24) is 9.97 Å². The van der Waals surface area contributed by atoms with Gasteiger partial charge in [-0.3, -0.25) is 9.59 Å². The minimum absolute atomic E-state index is 0.279. The minimum Gasteiger partial charge on any atom is -0.480 e. The predicted octanol–water partition coefficient (Wildman–Crippen LogP) is 1.37. The van der Waals surface area contributed by atoms with Crippen LogP contribution in [-0.4, -0.2) is 45.2 Å². The van der Waals surface area contributed by atoms with Gasteiger partial charge in [-0.2, -0.15) is 0 Å². The second-order valence-electron chi connectivity index (χ2n) is 4.00. The first kappa shape index (κ1) is 14.2. The molecule has 1 aromatic carbocycles. The molecule has 0 saturated carbocycles. The molecule has 0 bridgehead atoms. The van der Waals surface area contributed by atoms with E-state index in [1.165, 1.54) is 11.2 Å². The standard InChI is InChI=1S/C12H10BrN3O4/c13-7-1-2-9-8(3-7)12(15-6-14-9)16(4-10(17)18)5-11(19)20/h1-3,6H,4-5H2,(H,17,18)(H,19,20). The highest BCUT2D eigenvalue weighted by Crippen LogP contribution is 2.25. The van der Waals surface area contributed by atoms with Crippen molar-refractivity contribution in [3.8, 4) is 0 Å². The van der Waals surface area contributed by atoms with Crippen molar-refractivity contribution >= 4 is 44.6 Å². The van der Waals surface area contributed by atoms with Crippen LogP contribution in [0.1, 0.15) is 0 Å². The number of carboxylic acids is 2. The molecule has 0 saturated heterocycles. The summed E-state index contributed by atoms with van der Waals surface area (Å²) in [6.45, 7) is -0.907. The fourth-order valence-electron chi connectivity index (χ4n) is 1.80. The van der Waals surface area contributed by atoms with Gasteiger partial charge in [0.2, 0.25) is 0 Å². The van der Waals surface area contributed by atoms with Gasteiger partial charge in [0.25, 0.3) is 0 Å². The molecule has 20 heavy (non-hydrogen) atoms. The molecule has 0 amide bonds. The number of hydrogen-bond donors (Lipinski definition) is 2. The number of benzene rings is 1. The second-order valence-corrected chi connectivity index (χ2v) is 4.92. The maximum absolute atomic E-state index is 10.9. The number of nitrogens with zero attached hydrogens (tertiary/aromatic N) is 3. The van der Waals surface area contributed by atoms with E-state index < -0.39 is 25.0 Å². The van der Waals surface area contributed by atoms with Gasteiger partial charge in [-0.1, -0.05) is 15.9 Å². The summed E-state index contributed by atoms with van der Waals surface area (Å²) in [5, 5.41) is 18.4. The fraction of sp³-hybridized carbons (Fsp3) is 0.167. The molecule has 0 fully saturated rings. The molecule has 104 valence electrons. The summed E-state index contributed by atoms with van der Waals surface area (Å²) >= 11 is 3.31. The molecule has 0 aliphatic carbocycles. The highest BCUT2D eigenvalue weighted by atomic mass is 79.9. The van der Waals surface area contributed by atoms with Crippen LogP contribution in [0, 0.1) is 0 Å². The normalized spacial score (nSPS) is 10.4. The van der Waals surface area contributed by atoms with E-state index in [1.54, 1.807) is 18.2 Å². The maximum atomic E-state index is 10.9. The zero-order valence-electron chi connectivity index (χ0n) is 10.2. The van der Waals surface area contributed by atoms with Crippen LogP contribution in [0.4, 0.5) is 5.82 Å². The van der Waals surface area contributed by atoms with E-state index in [4.69, 9.17) is 10.2 Å². The molecule has 1 heterocycles. The average Bonchev–Trinajstić information content (AvgIpc) is 2.36. The molecule has 1 aromatic heterocycles. The third kappa shape index (κ3) is 3.21. The third-order valence-electron chi connectivity index (χ3n) is 2.53. The Morgan fingerprint density at radius 2 is 1.80 bits per heavy atom. The van der Waals surface area contributed by atoms with Crippen LogP contribution in [0.15, 0.2) is 29.0 Å². The van der Waals surface area contributed by atoms with Gasteiger partial charge < -0.3 is 15.1 Å². The highest BCUT2D eigenvalue weighted by Gasteiger charge is 2.18. The van der Waals surface area contributed by atoms with Crippen LogP contribution in [0.3, 0.4) is 0 Å². The van der Waals surface area contributed by atoms with Crippen molar-refractivity contribution in [2.24, 2.45) is 0 Å². The van der Waals surface area contributed by atoms with E-state index in [0.717, 1.165) is 4.47 Å². The third-order valence-corrected chi connectivity index (χ3v) is 3.02. The number of halogens is 1. The smallest absolute Gasteiger partial charge is 0.323 e. The summed E-state index contributed by atoms with van der Waals surface area (Å²) in [5.74, 6) is -1.98. The number of aliphatic carboxylic acids is 2. The summed E-state index contributed by atoms with van der Waals surface area (Å²) in [5.41, 5.74) is 0.610. The fourth-order valence-corrected chi connectivity index (χ4v) is 2.16. The molecule has 2 aromatic rings. The van der Waals surface area contributed by atoms with Crippen LogP contribution in [0.5, 0.6) is 0 Å². The predicted molar refractivity (Wildman–Crippen MR) is 74.7 cm³/mol. The molecule has 0 radical (unpaired) electrons. The van der Waals surface area contributed by atoms with Crippen molar-refractivity contribution in [2.45, 2.75) is 0 Å². The van der Waals surface area contributed by atoms with Crippen LogP contribution in [0.2, 0.25) is 0 Å². The summed E-state index contributed by atoms with van der Waals surface area (Å²) in [7, 11) is 0. The Hall–Kier alpha value is -2.22. The first-order chi connectivity index (χ1) is 9.47. The number of carboxylic acid groups (broad SMARTS) is 2. The zero-order chi connectivity index (χ0) is 14.7. The quantitative estimate of drug-likeness (QED) is 0.847. The second kappa shape index (κ2) is 5.83. The van der Waals surface area contributed by atoms with Crippen LogP contribution >= 0.6 is 15.9 Å². The van der Waals surface area contributed by atoms with Crippen LogP contribution < -0.4 is 4.90 Å². The molecular formula is C12H10BrN3O4. The van der Waals surface area contributed by atoms with Gasteiger partial charge in [-0.25, -0.2) is 9.97 Å². The van der Waals surface area contributed by atoms with E-state index in [2.05, 4.69) is 25.9 Å². The van der Waals surface area contributed by atoms with Crippen molar-refractivity contribution in [1.29, 1.82) is 0 Å². The summed E-state index contributed by atoms with van der Waals surface area (Å²) in [6, 6.07) is 5.25. The van der Waals surface area contributed by atoms with Crippen LogP contribution in [0.25, 0.3) is 10.9 Å². The highest BCUT2D eigenvalue weighted by molar-refractivity contribution is 9.10. The zero-order valence-corrected chi connectivity index (χ0v) is 11.7. The molecule has 7 nitrogen and oxygen atoms in total. The number of anilines is 1. The first-order valence-corrected chi connectivity index (χ1v) is 6.35. The Morgan fingerprint density at radius 1 is 1.15 bits per heavy atom. The topological polar surface area (TPSA) is 104 Å². The summed E-state index contributed by atoms with van der Waals surface area (Å²) < 4.78 is 0.770. The van der Waals surface area contributed by atoms with Gasteiger partial charge in [0, 0.05) is 9.86 Å². The molecular weight excluding hydrogens is 330 g/mol. The monoisotopic (exact) mass is 339 g/mol. The lowest BCUT2D eigenvalue weighted by atomic mass is 10.2. The molecule has 0 aliphatic heterocycles. The van der Waals surface area contributed by atoms with Gasteiger partial charge in [-0.15, -0.1) is 0 Å². The van der Waals surface area contributed by atoms with Gasteiger partial charge in [-0.05, 0) is 18.2 Å². The number of hydrogen-bond acceptors (Lipinski definition) is 5. The molecule has 0 aliphatic rings. The molecule has 0 spiro atoms. The van der Waals surface area contributed by atoms with Gasteiger partial charge >= 0.3 is 11.9 Å². The van der Waals surface area contributed by atoms with E-state index in [-0.39, 0.29) is 5.82 Å². The maximum Gasteiger partial charge on any atom is 0.323 e. The Balaban J connectivity index is 2.54. The molecule has 0 unspecified atom stereocenters. The van der Waals surface area contributed by atoms with Crippen molar-refractivity contribution in [3.05, 3.63) is 29.0 Å². The van der Waals surface area contributed by atoms with E-state index >= 15 is 0 Å². The van der Waals surface area contributed by atoms with Crippen molar-refractivity contribution < 1.29 is 19.8 Å². The van der Waals surface area contributed by atoms with Crippen molar-refractivity contribution in [2.75, 3.05) is 18.0 Å². The Bertz CT molecular complexity index is 661. The number of aromatic nitrogens is 2. The van der Waals surface area contributed by atoms with E-state index in [1.807, 2.05) is 0 Å². The Morgan fingerprint density at radius 3 is 2.40 bits per heavy atom. The van der Waals surface area contributed by atoms with Crippen LogP contribution in [-0.2, 0) is 9.59 Å². The largest absolute Gasteiger partial charge is 0.480 e.